The first-order valence-electron chi connectivity index (χ1n) is 11.5. The number of rotatable bonds is 5. The number of nitrogens with zero attached hydrogens (tertiary/aromatic N) is 4. The summed E-state index contributed by atoms with van der Waals surface area (Å²) in [6, 6.07) is 15.5. The molecule has 5 rings (SSSR count). The van der Waals surface area contributed by atoms with E-state index in [2.05, 4.69) is 9.71 Å². The molecule has 0 spiro atoms. The lowest BCUT2D eigenvalue weighted by molar-refractivity contribution is -0.139. The van der Waals surface area contributed by atoms with Gasteiger partial charge in [0.1, 0.15) is 0 Å². The van der Waals surface area contributed by atoms with Crippen molar-refractivity contribution in [1.82, 2.24) is 14.9 Å². The van der Waals surface area contributed by atoms with E-state index in [-0.39, 0.29) is 22.5 Å². The van der Waals surface area contributed by atoms with E-state index in [1.165, 1.54) is 12.1 Å². The average Bonchev–Trinajstić information content (AvgIpc) is 2.89. The van der Waals surface area contributed by atoms with Crippen LogP contribution in [0.15, 0.2) is 59.5 Å². The molecule has 1 atom stereocenters. The smallest absolute Gasteiger partial charge is 0.263 e. The summed E-state index contributed by atoms with van der Waals surface area (Å²) in [6.07, 6.45) is 1.60. The first-order chi connectivity index (χ1) is 16.5. The van der Waals surface area contributed by atoms with Gasteiger partial charge >= 0.3 is 0 Å². The van der Waals surface area contributed by atoms with Gasteiger partial charge in [0.05, 0.1) is 35.1 Å². The second-order valence-corrected chi connectivity index (χ2v) is 10.2. The molecule has 1 aromatic heterocycles. The highest BCUT2D eigenvalue weighted by Gasteiger charge is 2.32. The van der Waals surface area contributed by atoms with Gasteiger partial charge in [0.25, 0.3) is 10.0 Å². The Balaban J connectivity index is 1.47. The third-order valence-electron chi connectivity index (χ3n) is 6.23. The van der Waals surface area contributed by atoms with E-state index in [1.807, 2.05) is 28.0 Å². The van der Waals surface area contributed by atoms with Crippen LogP contribution in [0.4, 0.5) is 11.6 Å². The highest BCUT2D eigenvalue weighted by atomic mass is 32.2. The first-order valence-corrected chi connectivity index (χ1v) is 13.0. The number of carbonyl (C=O) groups is 1. The van der Waals surface area contributed by atoms with Gasteiger partial charge in [-0.1, -0.05) is 30.3 Å². The van der Waals surface area contributed by atoms with E-state index >= 15 is 0 Å². The molecule has 34 heavy (non-hydrogen) atoms. The minimum absolute atomic E-state index is 0.119. The van der Waals surface area contributed by atoms with E-state index in [4.69, 9.17) is 9.72 Å². The SMILES string of the molecule is O=C(C1CCCN(c2nc3ccccc3nc2NS(=O)(=O)c2ccccc2)C1)N1CCOCC1. The Kier molecular flexibility index (Phi) is 6.34. The lowest BCUT2D eigenvalue weighted by Gasteiger charge is -2.37. The average molecular weight is 482 g/mol. The summed E-state index contributed by atoms with van der Waals surface area (Å²) in [7, 11) is -3.86. The fraction of sp³-hybridized carbons (Fsp3) is 0.375. The maximum atomic E-state index is 13.1. The molecule has 3 heterocycles. The quantitative estimate of drug-likeness (QED) is 0.597. The normalized spacial score (nSPS) is 19.2. The number of piperidine rings is 1. The van der Waals surface area contributed by atoms with Crippen LogP contribution in [-0.2, 0) is 19.6 Å². The minimum atomic E-state index is -3.86. The summed E-state index contributed by atoms with van der Waals surface area (Å²) in [5.41, 5.74) is 1.26. The van der Waals surface area contributed by atoms with Crippen LogP contribution in [0, 0.1) is 5.92 Å². The third-order valence-corrected chi connectivity index (χ3v) is 7.58. The molecule has 0 aliphatic carbocycles. The number of nitrogens with one attached hydrogen (secondary N) is 1. The van der Waals surface area contributed by atoms with Crippen LogP contribution >= 0.6 is 0 Å². The predicted molar refractivity (Wildman–Crippen MR) is 129 cm³/mol. The highest BCUT2D eigenvalue weighted by molar-refractivity contribution is 7.92. The van der Waals surface area contributed by atoms with Crippen LogP contribution in [0.1, 0.15) is 12.8 Å². The number of aromatic nitrogens is 2. The van der Waals surface area contributed by atoms with Crippen molar-refractivity contribution >= 4 is 38.6 Å². The Morgan fingerprint density at radius 2 is 1.62 bits per heavy atom. The number of anilines is 2. The van der Waals surface area contributed by atoms with Crippen molar-refractivity contribution in [3.63, 3.8) is 0 Å². The Labute approximate surface area is 198 Å². The van der Waals surface area contributed by atoms with Gasteiger partial charge in [-0.25, -0.2) is 18.4 Å². The predicted octanol–water partition coefficient (Wildman–Crippen LogP) is 2.51. The topological polar surface area (TPSA) is 105 Å². The number of hydrogen-bond acceptors (Lipinski definition) is 7. The molecule has 1 unspecified atom stereocenters. The summed E-state index contributed by atoms with van der Waals surface area (Å²) in [4.78, 5) is 26.5. The second-order valence-electron chi connectivity index (χ2n) is 8.53. The molecule has 2 aromatic carbocycles. The molecule has 2 aliphatic rings. The van der Waals surface area contributed by atoms with Crippen molar-refractivity contribution in [3.8, 4) is 0 Å². The first kappa shape index (κ1) is 22.5. The van der Waals surface area contributed by atoms with Crippen molar-refractivity contribution in [2.24, 2.45) is 5.92 Å². The number of fused-ring (bicyclic) bond motifs is 1. The fourth-order valence-electron chi connectivity index (χ4n) is 4.48. The standard InChI is InChI=1S/C24H27N5O4S/c30-24(28-13-15-33-16-14-28)18-7-6-12-29(17-18)23-22(25-20-10-4-5-11-21(20)26-23)27-34(31,32)19-8-2-1-3-9-19/h1-5,8-11,18H,6-7,12-17H2,(H,25,27). The molecule has 2 fully saturated rings. The van der Waals surface area contributed by atoms with Crippen molar-refractivity contribution in [2.45, 2.75) is 17.7 Å². The van der Waals surface area contributed by atoms with Gasteiger partial charge in [0.2, 0.25) is 5.91 Å². The van der Waals surface area contributed by atoms with E-state index in [0.717, 1.165) is 12.8 Å². The third kappa shape index (κ3) is 4.69. The van der Waals surface area contributed by atoms with Crippen LogP contribution in [-0.4, -0.2) is 68.6 Å². The zero-order valence-electron chi connectivity index (χ0n) is 18.8. The fourth-order valence-corrected chi connectivity index (χ4v) is 5.50. The number of benzene rings is 2. The zero-order chi connectivity index (χ0) is 23.5. The summed E-state index contributed by atoms with van der Waals surface area (Å²) in [5.74, 6) is 0.548. The Hall–Kier alpha value is -3.24. The zero-order valence-corrected chi connectivity index (χ0v) is 19.6. The molecule has 178 valence electrons. The number of sulfonamides is 1. The monoisotopic (exact) mass is 481 g/mol. The van der Waals surface area contributed by atoms with Crippen molar-refractivity contribution in [2.75, 3.05) is 49.0 Å². The molecule has 0 saturated carbocycles. The second kappa shape index (κ2) is 9.55. The van der Waals surface area contributed by atoms with Gasteiger partial charge in [-0.15, -0.1) is 0 Å². The number of amides is 1. The lowest BCUT2D eigenvalue weighted by atomic mass is 9.96. The molecule has 9 nitrogen and oxygen atoms in total. The molecule has 0 bridgehead atoms. The molecule has 1 amide bonds. The summed E-state index contributed by atoms with van der Waals surface area (Å²) in [6.45, 7) is 3.46. The summed E-state index contributed by atoms with van der Waals surface area (Å²) < 4.78 is 34.2. The number of ether oxygens (including phenoxy) is 1. The van der Waals surface area contributed by atoms with Gasteiger partial charge in [0, 0.05) is 26.2 Å². The van der Waals surface area contributed by atoms with Crippen LogP contribution < -0.4 is 9.62 Å². The molecular weight excluding hydrogens is 454 g/mol. The summed E-state index contributed by atoms with van der Waals surface area (Å²) >= 11 is 0. The van der Waals surface area contributed by atoms with Crippen molar-refractivity contribution in [1.29, 1.82) is 0 Å². The molecule has 1 N–H and O–H groups in total. The van der Waals surface area contributed by atoms with E-state index in [9.17, 15) is 13.2 Å². The van der Waals surface area contributed by atoms with Crippen LogP contribution in [0.3, 0.4) is 0 Å². The molecule has 10 heteroatoms. The Bertz CT molecular complexity index is 1280. The molecule has 2 aliphatic heterocycles. The maximum Gasteiger partial charge on any atom is 0.263 e. The maximum absolute atomic E-state index is 13.1. The Morgan fingerprint density at radius 3 is 2.35 bits per heavy atom. The van der Waals surface area contributed by atoms with Crippen molar-refractivity contribution < 1.29 is 17.9 Å². The highest BCUT2D eigenvalue weighted by Crippen LogP contribution is 2.31. The molecular formula is C24H27N5O4S. The van der Waals surface area contributed by atoms with E-state index in [0.29, 0.717) is 56.2 Å². The largest absolute Gasteiger partial charge is 0.378 e. The molecule has 2 saturated heterocycles. The van der Waals surface area contributed by atoms with Gasteiger partial charge in [-0.2, -0.15) is 0 Å². The minimum Gasteiger partial charge on any atom is -0.378 e. The summed E-state index contributed by atoms with van der Waals surface area (Å²) in [5, 5.41) is 0. The number of hydrogen-bond donors (Lipinski definition) is 1. The Morgan fingerprint density at radius 1 is 0.941 bits per heavy atom. The van der Waals surface area contributed by atoms with Crippen molar-refractivity contribution in [3.05, 3.63) is 54.6 Å². The van der Waals surface area contributed by atoms with Gasteiger partial charge in [-0.05, 0) is 37.1 Å². The number of carbonyl (C=O) groups excluding carboxylic acids is 1. The molecule has 0 radical (unpaired) electrons. The van der Waals surface area contributed by atoms with E-state index < -0.39 is 10.0 Å². The van der Waals surface area contributed by atoms with Gasteiger partial charge in [-0.3, -0.25) is 9.52 Å². The van der Waals surface area contributed by atoms with Gasteiger partial charge in [0.15, 0.2) is 11.6 Å². The molecule has 3 aromatic rings. The number of para-hydroxylation sites is 2. The van der Waals surface area contributed by atoms with Gasteiger partial charge < -0.3 is 14.5 Å². The van der Waals surface area contributed by atoms with Crippen LogP contribution in [0.5, 0.6) is 0 Å². The number of morpholine rings is 1. The lowest BCUT2D eigenvalue weighted by Crippen LogP contribution is -2.48. The van der Waals surface area contributed by atoms with E-state index in [1.54, 1.807) is 24.3 Å². The van der Waals surface area contributed by atoms with Crippen LogP contribution in [0.2, 0.25) is 0 Å². The van der Waals surface area contributed by atoms with Crippen LogP contribution in [0.25, 0.3) is 11.0 Å².